The molecule has 1 atom stereocenters. The summed E-state index contributed by atoms with van der Waals surface area (Å²) in [7, 11) is 0. The Morgan fingerprint density at radius 3 is 2.80 bits per heavy atom. The molecule has 1 aromatic heterocycles. The van der Waals surface area contributed by atoms with E-state index in [1.165, 1.54) is 24.3 Å². The van der Waals surface area contributed by atoms with Gasteiger partial charge in [0.25, 0.3) is 5.69 Å². The molecule has 0 amide bonds. The van der Waals surface area contributed by atoms with Crippen molar-refractivity contribution in [1.29, 1.82) is 0 Å². The molecule has 1 aliphatic rings. The number of anilines is 2. The van der Waals surface area contributed by atoms with Crippen LogP contribution in [0.25, 0.3) is 0 Å². The lowest BCUT2D eigenvalue weighted by atomic mass is 10.1. The Morgan fingerprint density at radius 2 is 2.20 bits per heavy atom. The topological polar surface area (TPSA) is 80.1 Å². The van der Waals surface area contributed by atoms with Gasteiger partial charge in [-0.05, 0) is 30.3 Å². The first-order valence-corrected chi connectivity index (χ1v) is 8.06. The highest BCUT2D eigenvalue weighted by Crippen LogP contribution is 2.25. The lowest BCUT2D eigenvalue weighted by molar-refractivity contribution is -0.384. The molecular weight excluding hydrogens is 276 g/mol. The van der Waals surface area contributed by atoms with Crippen LogP contribution in [0.15, 0.2) is 12.1 Å². The van der Waals surface area contributed by atoms with Gasteiger partial charge in [0.15, 0.2) is 0 Å². The minimum absolute atomic E-state index is 0.0712. The minimum Gasteiger partial charge on any atom is -0.370 e. The van der Waals surface area contributed by atoms with Crippen molar-refractivity contribution < 1.29 is 4.92 Å². The van der Waals surface area contributed by atoms with E-state index in [4.69, 9.17) is 0 Å². The van der Waals surface area contributed by atoms with Crippen molar-refractivity contribution in [3.05, 3.63) is 22.2 Å². The van der Waals surface area contributed by atoms with Crippen LogP contribution < -0.4 is 10.6 Å². The van der Waals surface area contributed by atoms with Crippen LogP contribution >= 0.6 is 11.8 Å². The number of nitro groups is 1. The number of nitrogens with zero attached hydrogens (tertiary/aromatic N) is 2. The Morgan fingerprint density at radius 1 is 1.45 bits per heavy atom. The monoisotopic (exact) mass is 296 g/mol. The fourth-order valence-corrected chi connectivity index (χ4v) is 3.33. The Balaban J connectivity index is 2.04. The number of aromatic nitrogens is 1. The number of nitrogens with one attached hydrogen (secondary N) is 2. The molecule has 1 saturated heterocycles. The summed E-state index contributed by atoms with van der Waals surface area (Å²) < 4.78 is 0. The van der Waals surface area contributed by atoms with E-state index in [-0.39, 0.29) is 10.6 Å². The Bertz CT molecular complexity index is 464. The van der Waals surface area contributed by atoms with Gasteiger partial charge in [-0.25, -0.2) is 4.98 Å². The van der Waals surface area contributed by atoms with E-state index in [0.717, 1.165) is 25.3 Å². The predicted octanol–water partition coefficient (Wildman–Crippen LogP) is 2.98. The molecule has 7 heteroatoms. The predicted molar refractivity (Wildman–Crippen MR) is 83.6 cm³/mol. The van der Waals surface area contributed by atoms with Crippen LogP contribution in [-0.2, 0) is 0 Å². The van der Waals surface area contributed by atoms with Crippen LogP contribution in [-0.4, -0.2) is 34.5 Å². The molecule has 1 aliphatic heterocycles. The van der Waals surface area contributed by atoms with Gasteiger partial charge < -0.3 is 10.6 Å². The molecule has 0 aliphatic carbocycles. The molecule has 2 N–H and O–H groups in total. The smallest absolute Gasteiger partial charge is 0.276 e. The van der Waals surface area contributed by atoms with Gasteiger partial charge in [0.1, 0.15) is 11.6 Å². The molecule has 6 nitrogen and oxygen atoms in total. The van der Waals surface area contributed by atoms with Crippen LogP contribution in [0, 0.1) is 16.0 Å². The first-order valence-electron chi connectivity index (χ1n) is 6.91. The second-order valence-electron chi connectivity index (χ2n) is 4.89. The number of pyridine rings is 1. The quantitative estimate of drug-likeness (QED) is 0.595. The number of thioether (sulfide) groups is 1. The summed E-state index contributed by atoms with van der Waals surface area (Å²) in [4.78, 5) is 15.0. The van der Waals surface area contributed by atoms with Gasteiger partial charge in [0.2, 0.25) is 0 Å². The zero-order valence-corrected chi connectivity index (χ0v) is 12.4. The summed E-state index contributed by atoms with van der Waals surface area (Å²) in [6.45, 7) is 3.63. The molecule has 1 fully saturated rings. The molecule has 0 saturated carbocycles. The Labute approximate surface area is 122 Å². The largest absolute Gasteiger partial charge is 0.370 e. The van der Waals surface area contributed by atoms with E-state index in [2.05, 4.69) is 15.6 Å². The lowest BCUT2D eigenvalue weighted by Crippen LogP contribution is -2.15. The van der Waals surface area contributed by atoms with Crippen LogP contribution in [0.4, 0.5) is 17.3 Å². The fraction of sp³-hybridized carbons (Fsp3) is 0.615. The summed E-state index contributed by atoms with van der Waals surface area (Å²) in [5.41, 5.74) is 0.0712. The van der Waals surface area contributed by atoms with Crippen LogP contribution in [0.5, 0.6) is 0 Å². The molecule has 2 heterocycles. The molecule has 1 aromatic rings. The van der Waals surface area contributed by atoms with Crippen molar-refractivity contribution in [2.45, 2.75) is 19.8 Å². The molecule has 0 radical (unpaired) electrons. The summed E-state index contributed by atoms with van der Waals surface area (Å²) in [5, 5.41) is 17.3. The van der Waals surface area contributed by atoms with Crippen molar-refractivity contribution in [1.82, 2.24) is 4.98 Å². The van der Waals surface area contributed by atoms with Gasteiger partial charge >= 0.3 is 0 Å². The third-order valence-corrected chi connectivity index (χ3v) is 4.40. The standard InChI is InChI=1S/C13H20N4O2S/c1-2-4-14-12-6-11(17(18)19)7-13(16-12)15-8-10-3-5-20-9-10/h6-7,10H,2-5,8-9H2,1H3,(H2,14,15,16). The molecule has 1 unspecified atom stereocenters. The Kier molecular flexibility index (Phi) is 5.46. The summed E-state index contributed by atoms with van der Waals surface area (Å²) >= 11 is 1.96. The molecular formula is C13H20N4O2S. The number of hydrogen-bond donors (Lipinski definition) is 2. The van der Waals surface area contributed by atoms with Crippen LogP contribution in [0.2, 0.25) is 0 Å². The number of rotatable bonds is 7. The second kappa shape index (κ2) is 7.33. The average molecular weight is 296 g/mol. The van der Waals surface area contributed by atoms with E-state index in [1.807, 2.05) is 18.7 Å². The summed E-state index contributed by atoms with van der Waals surface area (Å²) in [6, 6.07) is 2.98. The molecule has 0 spiro atoms. The fourth-order valence-electron chi connectivity index (χ4n) is 2.05. The van der Waals surface area contributed by atoms with Gasteiger partial charge in [0.05, 0.1) is 17.1 Å². The van der Waals surface area contributed by atoms with Gasteiger partial charge in [-0.2, -0.15) is 11.8 Å². The van der Waals surface area contributed by atoms with E-state index in [0.29, 0.717) is 17.6 Å². The van der Waals surface area contributed by atoms with E-state index in [9.17, 15) is 10.1 Å². The lowest BCUT2D eigenvalue weighted by Gasteiger charge is -2.12. The van der Waals surface area contributed by atoms with Gasteiger partial charge in [-0.3, -0.25) is 10.1 Å². The molecule has 0 bridgehead atoms. The van der Waals surface area contributed by atoms with Crippen molar-refractivity contribution in [2.24, 2.45) is 5.92 Å². The summed E-state index contributed by atoms with van der Waals surface area (Å²) in [5.74, 6) is 4.13. The van der Waals surface area contributed by atoms with Crippen LogP contribution in [0.3, 0.4) is 0 Å². The van der Waals surface area contributed by atoms with Crippen molar-refractivity contribution in [3.8, 4) is 0 Å². The summed E-state index contributed by atoms with van der Waals surface area (Å²) in [6.07, 6.45) is 2.15. The third kappa shape index (κ3) is 4.26. The Hall–Kier alpha value is -1.50. The number of hydrogen-bond acceptors (Lipinski definition) is 6. The molecule has 0 aromatic carbocycles. The molecule has 20 heavy (non-hydrogen) atoms. The third-order valence-electron chi connectivity index (χ3n) is 3.17. The van der Waals surface area contributed by atoms with Gasteiger partial charge in [-0.15, -0.1) is 0 Å². The zero-order valence-electron chi connectivity index (χ0n) is 11.6. The maximum absolute atomic E-state index is 11.0. The normalized spacial score (nSPS) is 17.9. The van der Waals surface area contributed by atoms with Crippen molar-refractivity contribution >= 4 is 29.1 Å². The first kappa shape index (κ1) is 14.9. The highest BCUT2D eigenvalue weighted by molar-refractivity contribution is 7.99. The van der Waals surface area contributed by atoms with E-state index < -0.39 is 0 Å². The van der Waals surface area contributed by atoms with Crippen LogP contribution in [0.1, 0.15) is 19.8 Å². The second-order valence-corrected chi connectivity index (χ2v) is 6.04. The van der Waals surface area contributed by atoms with E-state index in [1.54, 1.807) is 0 Å². The minimum atomic E-state index is -0.380. The molecule has 2 rings (SSSR count). The highest BCUT2D eigenvalue weighted by Gasteiger charge is 2.16. The maximum Gasteiger partial charge on any atom is 0.276 e. The maximum atomic E-state index is 11.0. The van der Waals surface area contributed by atoms with Gasteiger partial charge in [0, 0.05) is 13.1 Å². The zero-order chi connectivity index (χ0) is 14.4. The molecule has 110 valence electrons. The van der Waals surface area contributed by atoms with E-state index >= 15 is 0 Å². The highest BCUT2D eigenvalue weighted by atomic mass is 32.2. The van der Waals surface area contributed by atoms with Gasteiger partial charge in [-0.1, -0.05) is 6.92 Å². The van der Waals surface area contributed by atoms with Crippen molar-refractivity contribution in [3.63, 3.8) is 0 Å². The SMILES string of the molecule is CCCNc1cc([N+](=O)[O-])cc(NCC2CCSC2)n1. The first-order chi connectivity index (χ1) is 9.69. The van der Waals surface area contributed by atoms with Crippen molar-refractivity contribution in [2.75, 3.05) is 35.2 Å². The average Bonchev–Trinajstić information content (AvgIpc) is 2.96.